The largest absolute Gasteiger partial charge is 0.479 e. The SMILES string of the molecule is O=C1CCC(=O)N1C1CCCCC1(C(=O)O)N1C(=O)C=CC1=O. The Labute approximate surface area is 131 Å². The Morgan fingerprint density at radius 3 is 2.13 bits per heavy atom. The van der Waals surface area contributed by atoms with Crippen LogP contribution in [-0.2, 0) is 24.0 Å². The maximum atomic E-state index is 12.1. The molecule has 1 saturated carbocycles. The lowest BCUT2D eigenvalue weighted by molar-refractivity contribution is -0.173. The second-order valence-corrected chi connectivity index (χ2v) is 5.99. The Morgan fingerprint density at radius 2 is 1.61 bits per heavy atom. The zero-order chi connectivity index (χ0) is 16.8. The zero-order valence-corrected chi connectivity index (χ0v) is 12.4. The molecule has 122 valence electrons. The van der Waals surface area contributed by atoms with Crippen LogP contribution in [0.25, 0.3) is 0 Å². The van der Waals surface area contributed by atoms with E-state index >= 15 is 0 Å². The van der Waals surface area contributed by atoms with Gasteiger partial charge in [0.05, 0.1) is 6.04 Å². The number of nitrogens with zero attached hydrogens (tertiary/aromatic N) is 2. The van der Waals surface area contributed by atoms with Gasteiger partial charge in [-0.05, 0) is 12.8 Å². The molecule has 1 saturated heterocycles. The van der Waals surface area contributed by atoms with Gasteiger partial charge in [0.1, 0.15) is 0 Å². The van der Waals surface area contributed by atoms with Gasteiger partial charge in [-0.15, -0.1) is 0 Å². The van der Waals surface area contributed by atoms with Gasteiger partial charge >= 0.3 is 5.97 Å². The minimum Gasteiger partial charge on any atom is -0.479 e. The van der Waals surface area contributed by atoms with Crippen molar-refractivity contribution in [1.82, 2.24) is 9.80 Å². The Morgan fingerprint density at radius 1 is 1.04 bits per heavy atom. The lowest BCUT2D eigenvalue weighted by Gasteiger charge is -2.47. The number of carboxylic acids is 1. The number of rotatable bonds is 3. The first-order valence-corrected chi connectivity index (χ1v) is 7.54. The predicted octanol–water partition coefficient (Wildman–Crippen LogP) is -0.174. The zero-order valence-electron chi connectivity index (χ0n) is 12.4. The summed E-state index contributed by atoms with van der Waals surface area (Å²) in [6.07, 6.45) is 3.52. The van der Waals surface area contributed by atoms with Gasteiger partial charge in [-0.25, -0.2) is 4.79 Å². The summed E-state index contributed by atoms with van der Waals surface area (Å²) in [6.45, 7) is 0. The van der Waals surface area contributed by atoms with Gasteiger partial charge in [-0.3, -0.25) is 29.0 Å². The fourth-order valence-electron chi connectivity index (χ4n) is 3.82. The molecule has 8 nitrogen and oxygen atoms in total. The summed E-state index contributed by atoms with van der Waals surface area (Å²) < 4.78 is 0. The highest BCUT2D eigenvalue weighted by molar-refractivity contribution is 6.16. The van der Waals surface area contributed by atoms with E-state index in [-0.39, 0.29) is 25.7 Å². The second-order valence-electron chi connectivity index (χ2n) is 5.99. The summed E-state index contributed by atoms with van der Waals surface area (Å²) in [6, 6.07) is -1.01. The quantitative estimate of drug-likeness (QED) is 0.722. The molecule has 1 aliphatic carbocycles. The monoisotopic (exact) mass is 320 g/mol. The molecule has 3 aliphatic rings. The van der Waals surface area contributed by atoms with Gasteiger partial charge < -0.3 is 5.11 Å². The molecule has 4 amide bonds. The van der Waals surface area contributed by atoms with E-state index in [9.17, 15) is 29.1 Å². The topological polar surface area (TPSA) is 112 Å². The normalized spacial score (nSPS) is 31.4. The van der Waals surface area contributed by atoms with Gasteiger partial charge in [0.25, 0.3) is 11.8 Å². The molecule has 0 aromatic carbocycles. The molecule has 8 heteroatoms. The van der Waals surface area contributed by atoms with Crippen molar-refractivity contribution in [2.75, 3.05) is 0 Å². The molecular weight excluding hydrogens is 304 g/mol. The molecule has 0 aromatic heterocycles. The average Bonchev–Trinajstić information content (AvgIpc) is 3.01. The maximum absolute atomic E-state index is 12.1. The smallest absolute Gasteiger partial charge is 0.332 e. The minimum absolute atomic E-state index is 0.0310. The van der Waals surface area contributed by atoms with Crippen LogP contribution in [0.15, 0.2) is 12.2 Å². The lowest BCUT2D eigenvalue weighted by atomic mass is 9.75. The molecule has 0 aromatic rings. The lowest BCUT2D eigenvalue weighted by Crippen LogP contribution is -2.69. The third-order valence-electron chi connectivity index (χ3n) is 4.82. The third-order valence-corrected chi connectivity index (χ3v) is 4.82. The van der Waals surface area contributed by atoms with E-state index in [1.165, 1.54) is 0 Å². The van der Waals surface area contributed by atoms with Crippen molar-refractivity contribution in [3.05, 3.63) is 12.2 Å². The Kier molecular flexibility index (Phi) is 3.54. The van der Waals surface area contributed by atoms with Crippen molar-refractivity contribution in [3.63, 3.8) is 0 Å². The van der Waals surface area contributed by atoms with Crippen molar-refractivity contribution < 1.29 is 29.1 Å². The van der Waals surface area contributed by atoms with Crippen LogP contribution in [-0.4, -0.2) is 56.1 Å². The first-order chi connectivity index (χ1) is 10.9. The molecule has 0 spiro atoms. The number of amides is 4. The molecule has 2 aliphatic heterocycles. The molecule has 3 rings (SSSR count). The Hall–Kier alpha value is -2.51. The van der Waals surface area contributed by atoms with Crippen molar-refractivity contribution in [1.29, 1.82) is 0 Å². The number of carbonyl (C=O) groups is 5. The van der Waals surface area contributed by atoms with Crippen LogP contribution in [0, 0.1) is 0 Å². The fraction of sp³-hybridized carbons (Fsp3) is 0.533. The molecule has 0 bridgehead atoms. The number of likely N-dealkylation sites (tertiary alicyclic amines) is 1. The number of imide groups is 2. The average molecular weight is 320 g/mol. The van der Waals surface area contributed by atoms with Gasteiger partial charge in [0, 0.05) is 25.0 Å². The maximum Gasteiger partial charge on any atom is 0.332 e. The second kappa shape index (κ2) is 5.29. The minimum atomic E-state index is -1.88. The van der Waals surface area contributed by atoms with E-state index in [1.54, 1.807) is 0 Å². The Bertz CT molecular complexity index is 620. The summed E-state index contributed by atoms with van der Waals surface area (Å²) >= 11 is 0. The van der Waals surface area contributed by atoms with Crippen LogP contribution in [0.2, 0.25) is 0 Å². The van der Waals surface area contributed by atoms with Gasteiger partial charge in [0.2, 0.25) is 11.8 Å². The predicted molar refractivity (Wildman–Crippen MR) is 74.7 cm³/mol. The van der Waals surface area contributed by atoms with E-state index in [2.05, 4.69) is 0 Å². The van der Waals surface area contributed by atoms with E-state index < -0.39 is 41.2 Å². The van der Waals surface area contributed by atoms with Crippen LogP contribution in [0.3, 0.4) is 0 Å². The number of aliphatic carboxylic acids is 1. The highest BCUT2D eigenvalue weighted by Gasteiger charge is 2.60. The highest BCUT2D eigenvalue weighted by Crippen LogP contribution is 2.40. The number of hydrogen-bond acceptors (Lipinski definition) is 5. The first kappa shape index (κ1) is 15.4. The fourth-order valence-corrected chi connectivity index (χ4v) is 3.82. The van der Waals surface area contributed by atoms with Crippen molar-refractivity contribution in [2.24, 2.45) is 0 Å². The van der Waals surface area contributed by atoms with Crippen LogP contribution < -0.4 is 0 Å². The van der Waals surface area contributed by atoms with Crippen molar-refractivity contribution in [2.45, 2.75) is 50.1 Å². The van der Waals surface area contributed by atoms with E-state index in [0.717, 1.165) is 17.1 Å². The summed E-state index contributed by atoms with van der Waals surface area (Å²) in [5.74, 6) is -3.69. The molecule has 2 heterocycles. The summed E-state index contributed by atoms with van der Waals surface area (Å²) in [5.41, 5.74) is -1.88. The number of carbonyl (C=O) groups excluding carboxylic acids is 4. The van der Waals surface area contributed by atoms with E-state index in [4.69, 9.17) is 0 Å². The molecule has 0 radical (unpaired) electrons. The standard InChI is InChI=1S/C15H16N2O6/c18-10-4-5-11(19)16(10)9-3-1-2-8-15(9,14(22)23)17-12(20)6-7-13(17)21/h6-7,9H,1-5,8H2,(H,22,23). The van der Waals surface area contributed by atoms with Crippen molar-refractivity contribution in [3.8, 4) is 0 Å². The molecule has 2 unspecified atom stereocenters. The molecular formula is C15H16N2O6. The van der Waals surface area contributed by atoms with Crippen LogP contribution >= 0.6 is 0 Å². The molecule has 2 fully saturated rings. The number of hydrogen-bond donors (Lipinski definition) is 1. The summed E-state index contributed by atoms with van der Waals surface area (Å²) in [5, 5.41) is 9.86. The molecule has 23 heavy (non-hydrogen) atoms. The third kappa shape index (κ3) is 2.08. The van der Waals surface area contributed by atoms with Crippen LogP contribution in [0.5, 0.6) is 0 Å². The van der Waals surface area contributed by atoms with Gasteiger partial charge in [-0.2, -0.15) is 0 Å². The number of carboxylic acid groups (broad SMARTS) is 1. The van der Waals surface area contributed by atoms with Crippen molar-refractivity contribution >= 4 is 29.6 Å². The summed E-state index contributed by atoms with van der Waals surface area (Å²) in [7, 11) is 0. The van der Waals surface area contributed by atoms with Gasteiger partial charge in [-0.1, -0.05) is 12.8 Å². The molecule has 1 N–H and O–H groups in total. The van der Waals surface area contributed by atoms with Crippen LogP contribution in [0.1, 0.15) is 38.5 Å². The van der Waals surface area contributed by atoms with Crippen LogP contribution in [0.4, 0.5) is 0 Å². The summed E-state index contributed by atoms with van der Waals surface area (Å²) in [4.78, 5) is 62.1. The molecule has 2 atom stereocenters. The van der Waals surface area contributed by atoms with Gasteiger partial charge in [0.15, 0.2) is 5.54 Å². The van der Waals surface area contributed by atoms with E-state index in [0.29, 0.717) is 17.7 Å². The Balaban J connectivity index is 2.10. The highest BCUT2D eigenvalue weighted by atomic mass is 16.4. The van der Waals surface area contributed by atoms with E-state index in [1.807, 2.05) is 0 Å². The first-order valence-electron chi connectivity index (χ1n) is 7.54.